The first kappa shape index (κ1) is 15.4. The molecule has 0 bridgehead atoms. The topological polar surface area (TPSA) is 21.3 Å². The Labute approximate surface area is 133 Å². The number of hydrogen-bond donors (Lipinski definition) is 1. The van der Waals surface area contributed by atoms with Gasteiger partial charge < -0.3 is 10.1 Å². The molecule has 2 aromatic rings. The molecule has 0 unspecified atom stereocenters. The molecular weight excluding hydrogens is 338 g/mol. The van der Waals surface area contributed by atoms with Crippen molar-refractivity contribution in [3.05, 3.63) is 63.1 Å². The molecule has 0 heterocycles. The molecule has 1 N–H and O–H groups in total. The molecule has 2 rings (SSSR count). The van der Waals surface area contributed by atoms with Crippen LogP contribution in [0.5, 0.6) is 5.75 Å². The average molecular weight is 355 g/mol. The van der Waals surface area contributed by atoms with Gasteiger partial charge in [-0.3, -0.25) is 0 Å². The van der Waals surface area contributed by atoms with Gasteiger partial charge in [-0.2, -0.15) is 0 Å². The van der Waals surface area contributed by atoms with Crippen molar-refractivity contribution in [2.75, 3.05) is 13.7 Å². The van der Waals surface area contributed by atoms with E-state index in [-0.39, 0.29) is 0 Å². The van der Waals surface area contributed by atoms with E-state index in [1.807, 2.05) is 18.2 Å². The van der Waals surface area contributed by atoms with E-state index < -0.39 is 0 Å². The maximum absolute atomic E-state index is 5.86. The number of halogens is 2. The molecule has 0 saturated carbocycles. The second kappa shape index (κ2) is 7.67. The first-order chi connectivity index (χ1) is 9.69. The first-order valence-corrected chi connectivity index (χ1v) is 7.63. The Hall–Kier alpha value is -1.03. The van der Waals surface area contributed by atoms with E-state index in [4.69, 9.17) is 16.3 Å². The van der Waals surface area contributed by atoms with Gasteiger partial charge in [0.05, 0.1) is 11.6 Å². The average Bonchev–Trinajstić information content (AvgIpc) is 2.46. The van der Waals surface area contributed by atoms with Crippen molar-refractivity contribution in [3.63, 3.8) is 0 Å². The van der Waals surface area contributed by atoms with Crippen LogP contribution >= 0.6 is 27.5 Å². The van der Waals surface area contributed by atoms with Gasteiger partial charge in [0.25, 0.3) is 0 Å². The normalized spacial score (nSPS) is 10.6. The lowest BCUT2D eigenvalue weighted by atomic mass is 10.1. The predicted octanol–water partition coefficient (Wildman–Crippen LogP) is 4.44. The summed E-state index contributed by atoms with van der Waals surface area (Å²) in [6.07, 6.45) is 0.995. The fourth-order valence-electron chi connectivity index (χ4n) is 1.94. The Morgan fingerprint density at radius 2 is 1.80 bits per heavy atom. The highest BCUT2D eigenvalue weighted by Crippen LogP contribution is 2.25. The van der Waals surface area contributed by atoms with Crippen LogP contribution < -0.4 is 10.1 Å². The van der Waals surface area contributed by atoms with Crippen LogP contribution in [-0.4, -0.2) is 13.7 Å². The van der Waals surface area contributed by atoms with Crippen molar-refractivity contribution in [3.8, 4) is 5.75 Å². The van der Waals surface area contributed by atoms with E-state index in [9.17, 15) is 0 Å². The zero-order valence-electron chi connectivity index (χ0n) is 11.3. The van der Waals surface area contributed by atoms with Crippen LogP contribution in [0.3, 0.4) is 0 Å². The summed E-state index contributed by atoms with van der Waals surface area (Å²) >= 11 is 9.36. The highest BCUT2D eigenvalue weighted by Gasteiger charge is 2.01. The van der Waals surface area contributed by atoms with Crippen LogP contribution in [-0.2, 0) is 13.0 Å². The fraction of sp³-hybridized carbons (Fsp3) is 0.250. The molecule has 0 spiro atoms. The van der Waals surface area contributed by atoms with Crippen molar-refractivity contribution < 1.29 is 4.74 Å². The SMILES string of the molecule is COc1ccc(CNCCc2ccc(Cl)cc2)cc1Br. The van der Waals surface area contributed by atoms with Crippen molar-refractivity contribution in [1.29, 1.82) is 0 Å². The van der Waals surface area contributed by atoms with Crippen LogP contribution in [0.2, 0.25) is 5.02 Å². The summed E-state index contributed by atoms with van der Waals surface area (Å²) < 4.78 is 6.20. The number of ether oxygens (including phenoxy) is 1. The number of nitrogens with one attached hydrogen (secondary N) is 1. The third-order valence-electron chi connectivity index (χ3n) is 3.05. The smallest absolute Gasteiger partial charge is 0.133 e. The van der Waals surface area contributed by atoms with Crippen molar-refractivity contribution in [1.82, 2.24) is 5.32 Å². The van der Waals surface area contributed by atoms with Crippen LogP contribution in [0.15, 0.2) is 46.9 Å². The van der Waals surface area contributed by atoms with Crippen molar-refractivity contribution in [2.24, 2.45) is 0 Å². The van der Waals surface area contributed by atoms with Gasteiger partial charge >= 0.3 is 0 Å². The minimum atomic E-state index is 0.782. The zero-order chi connectivity index (χ0) is 14.4. The van der Waals surface area contributed by atoms with Gasteiger partial charge in [0.15, 0.2) is 0 Å². The standard InChI is InChI=1S/C16H17BrClNO/c1-20-16-7-4-13(10-15(16)17)11-19-9-8-12-2-5-14(18)6-3-12/h2-7,10,19H,8-9,11H2,1H3. The maximum Gasteiger partial charge on any atom is 0.133 e. The summed E-state index contributed by atoms with van der Waals surface area (Å²) in [5.74, 6) is 0.856. The third kappa shape index (κ3) is 4.51. The number of benzene rings is 2. The van der Waals surface area contributed by atoms with E-state index in [0.29, 0.717) is 0 Å². The first-order valence-electron chi connectivity index (χ1n) is 6.46. The molecule has 0 aliphatic heterocycles. The molecule has 0 aromatic heterocycles. The predicted molar refractivity (Wildman–Crippen MR) is 87.6 cm³/mol. The molecule has 0 fully saturated rings. The van der Waals surface area contributed by atoms with Crippen molar-refractivity contribution in [2.45, 2.75) is 13.0 Å². The minimum Gasteiger partial charge on any atom is -0.496 e. The number of methoxy groups -OCH3 is 1. The summed E-state index contributed by atoms with van der Waals surface area (Å²) in [4.78, 5) is 0. The summed E-state index contributed by atoms with van der Waals surface area (Å²) in [7, 11) is 1.67. The fourth-order valence-corrected chi connectivity index (χ4v) is 2.65. The van der Waals surface area contributed by atoms with Gasteiger partial charge in [0, 0.05) is 11.6 Å². The monoisotopic (exact) mass is 353 g/mol. The van der Waals surface area contributed by atoms with E-state index in [1.54, 1.807) is 7.11 Å². The van der Waals surface area contributed by atoms with Crippen molar-refractivity contribution >= 4 is 27.5 Å². The quantitative estimate of drug-likeness (QED) is 0.774. The molecule has 0 radical (unpaired) electrons. The van der Waals surface area contributed by atoms with Gasteiger partial charge in [-0.1, -0.05) is 29.8 Å². The molecule has 106 valence electrons. The lowest BCUT2D eigenvalue weighted by molar-refractivity contribution is 0.412. The van der Waals surface area contributed by atoms with Crippen LogP contribution in [0, 0.1) is 0 Å². The molecule has 0 atom stereocenters. The lowest BCUT2D eigenvalue weighted by Gasteiger charge is -2.08. The molecule has 0 aliphatic carbocycles. The van der Waals surface area contributed by atoms with E-state index in [0.717, 1.165) is 34.8 Å². The van der Waals surface area contributed by atoms with Crippen LogP contribution in [0.4, 0.5) is 0 Å². The highest BCUT2D eigenvalue weighted by molar-refractivity contribution is 9.10. The molecule has 0 amide bonds. The Morgan fingerprint density at radius 3 is 2.45 bits per heavy atom. The summed E-state index contributed by atoms with van der Waals surface area (Å²) in [6.45, 7) is 1.78. The minimum absolute atomic E-state index is 0.782. The molecule has 20 heavy (non-hydrogen) atoms. The van der Waals surface area contributed by atoms with Gasteiger partial charge in [-0.05, 0) is 64.3 Å². The summed E-state index contributed by atoms with van der Waals surface area (Å²) in [6, 6.07) is 14.1. The second-order valence-corrected chi connectivity index (χ2v) is 5.81. The van der Waals surface area contributed by atoms with Gasteiger partial charge in [-0.15, -0.1) is 0 Å². The molecule has 2 nitrogen and oxygen atoms in total. The Bertz CT molecular complexity index is 557. The van der Waals surface area contributed by atoms with Crippen LogP contribution in [0.1, 0.15) is 11.1 Å². The Morgan fingerprint density at radius 1 is 1.10 bits per heavy atom. The maximum atomic E-state index is 5.86. The molecule has 0 saturated heterocycles. The highest BCUT2D eigenvalue weighted by atomic mass is 79.9. The summed E-state index contributed by atoms with van der Waals surface area (Å²) in [5.41, 5.74) is 2.52. The molecule has 2 aromatic carbocycles. The zero-order valence-corrected chi connectivity index (χ0v) is 13.7. The van der Waals surface area contributed by atoms with Gasteiger partial charge in [0.2, 0.25) is 0 Å². The van der Waals surface area contributed by atoms with E-state index in [1.165, 1.54) is 11.1 Å². The van der Waals surface area contributed by atoms with Gasteiger partial charge in [-0.25, -0.2) is 0 Å². The largest absolute Gasteiger partial charge is 0.496 e. The van der Waals surface area contributed by atoms with E-state index in [2.05, 4.69) is 45.5 Å². The van der Waals surface area contributed by atoms with Crippen LogP contribution in [0.25, 0.3) is 0 Å². The third-order valence-corrected chi connectivity index (χ3v) is 3.92. The Kier molecular flexibility index (Phi) is 5.89. The molecular formula is C16H17BrClNO. The lowest BCUT2D eigenvalue weighted by Crippen LogP contribution is -2.16. The summed E-state index contributed by atoms with van der Waals surface area (Å²) in [5, 5.41) is 4.22. The number of hydrogen-bond acceptors (Lipinski definition) is 2. The second-order valence-electron chi connectivity index (χ2n) is 4.52. The Balaban J connectivity index is 1.78. The molecule has 0 aliphatic rings. The molecule has 4 heteroatoms. The number of rotatable bonds is 6. The van der Waals surface area contributed by atoms with Gasteiger partial charge in [0.1, 0.15) is 5.75 Å². The van der Waals surface area contributed by atoms with E-state index >= 15 is 0 Å².